The molecule has 1 aromatic carbocycles. The summed E-state index contributed by atoms with van der Waals surface area (Å²) in [5, 5.41) is 7.49. The number of nitrogens with one attached hydrogen (secondary N) is 1. The van der Waals surface area contributed by atoms with Crippen molar-refractivity contribution in [2.75, 3.05) is 5.32 Å². The van der Waals surface area contributed by atoms with Gasteiger partial charge in [-0.05, 0) is 35.7 Å². The number of hydrogen-bond acceptors (Lipinski definition) is 5. The van der Waals surface area contributed by atoms with Crippen LogP contribution in [0, 0.1) is 11.7 Å². The lowest BCUT2D eigenvalue weighted by molar-refractivity contribution is 0.0873. The van der Waals surface area contributed by atoms with Crippen LogP contribution in [0.5, 0.6) is 0 Å². The molecular formula is C19H20FN5O. The fraction of sp³-hybridized carbons (Fsp3) is 0.263. The fourth-order valence-electron chi connectivity index (χ4n) is 2.44. The number of pyridine rings is 1. The van der Waals surface area contributed by atoms with E-state index < -0.39 is 0 Å². The predicted octanol–water partition coefficient (Wildman–Crippen LogP) is 3.78. The summed E-state index contributed by atoms with van der Waals surface area (Å²) in [6, 6.07) is 9.74. The van der Waals surface area contributed by atoms with Gasteiger partial charge in [-0.25, -0.2) is 4.39 Å². The SMILES string of the molecule is CC(C)CC(=O)n1nc(-c2ccncc2)nc1NCc1ccc(F)cc1. The number of nitrogens with zero attached hydrogens (tertiary/aromatic N) is 4. The molecule has 0 radical (unpaired) electrons. The first-order chi connectivity index (χ1) is 12.5. The molecule has 1 N–H and O–H groups in total. The van der Waals surface area contributed by atoms with Crippen LogP contribution in [0.15, 0.2) is 48.8 Å². The molecule has 0 atom stereocenters. The van der Waals surface area contributed by atoms with Crippen molar-refractivity contribution in [1.29, 1.82) is 0 Å². The Morgan fingerprint density at radius 3 is 2.50 bits per heavy atom. The molecule has 3 rings (SSSR count). The van der Waals surface area contributed by atoms with Gasteiger partial charge in [0.25, 0.3) is 0 Å². The first-order valence-corrected chi connectivity index (χ1v) is 8.42. The number of anilines is 1. The Morgan fingerprint density at radius 2 is 1.85 bits per heavy atom. The van der Waals surface area contributed by atoms with Crippen molar-refractivity contribution < 1.29 is 9.18 Å². The number of rotatable bonds is 6. The Kier molecular flexibility index (Phi) is 5.36. The predicted molar refractivity (Wildman–Crippen MR) is 97.1 cm³/mol. The summed E-state index contributed by atoms with van der Waals surface area (Å²) in [4.78, 5) is 21.0. The number of carbonyl (C=O) groups is 1. The molecule has 3 aromatic rings. The number of hydrogen-bond donors (Lipinski definition) is 1. The molecule has 0 saturated heterocycles. The molecule has 2 aromatic heterocycles. The van der Waals surface area contributed by atoms with E-state index in [1.807, 2.05) is 13.8 Å². The molecule has 134 valence electrons. The zero-order chi connectivity index (χ0) is 18.5. The molecule has 0 fully saturated rings. The van der Waals surface area contributed by atoms with Gasteiger partial charge in [0.2, 0.25) is 11.9 Å². The van der Waals surface area contributed by atoms with Gasteiger partial charge in [-0.3, -0.25) is 9.78 Å². The summed E-state index contributed by atoms with van der Waals surface area (Å²) in [7, 11) is 0. The molecule has 0 unspecified atom stereocenters. The van der Waals surface area contributed by atoms with Crippen LogP contribution in [-0.2, 0) is 6.54 Å². The zero-order valence-electron chi connectivity index (χ0n) is 14.7. The first-order valence-electron chi connectivity index (χ1n) is 8.42. The minimum atomic E-state index is -0.288. The molecular weight excluding hydrogens is 333 g/mol. The van der Waals surface area contributed by atoms with Gasteiger partial charge in [0.1, 0.15) is 5.82 Å². The third-order valence-corrected chi connectivity index (χ3v) is 3.73. The van der Waals surface area contributed by atoms with Crippen LogP contribution in [0.3, 0.4) is 0 Å². The standard InChI is InChI=1S/C19H20FN5O/c1-13(2)11-17(26)25-19(22-12-14-3-5-16(20)6-4-14)23-18(24-25)15-7-9-21-10-8-15/h3-10,13H,11-12H2,1-2H3,(H,22,23,24). The summed E-state index contributed by atoms with van der Waals surface area (Å²) in [5.41, 5.74) is 1.66. The second kappa shape index (κ2) is 7.86. The minimum Gasteiger partial charge on any atom is -0.350 e. The first kappa shape index (κ1) is 17.7. The number of aromatic nitrogens is 4. The number of benzene rings is 1. The highest BCUT2D eigenvalue weighted by molar-refractivity contribution is 5.81. The maximum Gasteiger partial charge on any atom is 0.250 e. The maximum atomic E-state index is 13.0. The Hall–Kier alpha value is -3.09. The Balaban J connectivity index is 1.87. The van der Waals surface area contributed by atoms with Crippen LogP contribution in [-0.4, -0.2) is 25.7 Å². The smallest absolute Gasteiger partial charge is 0.250 e. The van der Waals surface area contributed by atoms with Crippen molar-refractivity contribution in [3.05, 3.63) is 60.2 Å². The van der Waals surface area contributed by atoms with Crippen molar-refractivity contribution >= 4 is 11.9 Å². The summed E-state index contributed by atoms with van der Waals surface area (Å²) < 4.78 is 14.3. The second-order valence-electron chi connectivity index (χ2n) is 6.38. The molecule has 0 spiro atoms. The highest BCUT2D eigenvalue weighted by atomic mass is 19.1. The van der Waals surface area contributed by atoms with Gasteiger partial charge in [-0.2, -0.15) is 9.67 Å². The third kappa shape index (κ3) is 4.30. The van der Waals surface area contributed by atoms with E-state index in [0.717, 1.165) is 11.1 Å². The average molecular weight is 353 g/mol. The van der Waals surface area contributed by atoms with Gasteiger partial charge in [-0.15, -0.1) is 5.10 Å². The van der Waals surface area contributed by atoms with E-state index in [4.69, 9.17) is 0 Å². The van der Waals surface area contributed by atoms with Crippen LogP contribution in [0.2, 0.25) is 0 Å². The summed E-state index contributed by atoms with van der Waals surface area (Å²) >= 11 is 0. The van der Waals surface area contributed by atoms with Crippen molar-refractivity contribution in [3.63, 3.8) is 0 Å². The van der Waals surface area contributed by atoms with Crippen molar-refractivity contribution in [1.82, 2.24) is 19.7 Å². The Morgan fingerprint density at radius 1 is 1.15 bits per heavy atom. The molecule has 0 aliphatic carbocycles. The molecule has 0 bridgehead atoms. The van der Waals surface area contributed by atoms with E-state index in [1.54, 1.807) is 36.7 Å². The Labute approximate surface area is 151 Å². The highest BCUT2D eigenvalue weighted by Crippen LogP contribution is 2.19. The van der Waals surface area contributed by atoms with Crippen LogP contribution in [0.4, 0.5) is 10.3 Å². The van der Waals surface area contributed by atoms with Crippen LogP contribution in [0.1, 0.15) is 30.6 Å². The lowest BCUT2D eigenvalue weighted by Gasteiger charge is -2.08. The fourth-order valence-corrected chi connectivity index (χ4v) is 2.44. The summed E-state index contributed by atoms with van der Waals surface area (Å²) in [6.45, 7) is 4.36. The highest BCUT2D eigenvalue weighted by Gasteiger charge is 2.18. The molecule has 7 heteroatoms. The van der Waals surface area contributed by atoms with E-state index in [9.17, 15) is 9.18 Å². The molecule has 0 saturated carbocycles. The molecule has 6 nitrogen and oxygen atoms in total. The molecule has 0 amide bonds. The summed E-state index contributed by atoms with van der Waals surface area (Å²) in [5.74, 6) is 0.609. The zero-order valence-corrected chi connectivity index (χ0v) is 14.7. The lowest BCUT2D eigenvalue weighted by Crippen LogP contribution is -2.18. The van der Waals surface area contributed by atoms with E-state index in [2.05, 4.69) is 20.4 Å². The lowest BCUT2D eigenvalue weighted by atomic mass is 10.1. The van der Waals surface area contributed by atoms with Gasteiger partial charge in [0, 0.05) is 30.9 Å². The average Bonchev–Trinajstić information content (AvgIpc) is 3.06. The molecule has 0 aliphatic heterocycles. The van der Waals surface area contributed by atoms with E-state index in [1.165, 1.54) is 16.8 Å². The van der Waals surface area contributed by atoms with Gasteiger partial charge in [0.15, 0.2) is 5.82 Å². The monoisotopic (exact) mass is 353 g/mol. The number of carbonyl (C=O) groups excluding carboxylic acids is 1. The quantitative estimate of drug-likeness (QED) is 0.730. The van der Waals surface area contributed by atoms with Crippen LogP contribution in [0.25, 0.3) is 11.4 Å². The van der Waals surface area contributed by atoms with Crippen LogP contribution < -0.4 is 5.32 Å². The molecule has 26 heavy (non-hydrogen) atoms. The largest absolute Gasteiger partial charge is 0.350 e. The van der Waals surface area contributed by atoms with Crippen molar-refractivity contribution in [3.8, 4) is 11.4 Å². The van der Waals surface area contributed by atoms with Crippen LogP contribution >= 0.6 is 0 Å². The maximum absolute atomic E-state index is 13.0. The minimum absolute atomic E-state index is 0.130. The number of halogens is 1. The van der Waals surface area contributed by atoms with E-state index in [0.29, 0.717) is 24.7 Å². The van der Waals surface area contributed by atoms with Gasteiger partial charge in [-0.1, -0.05) is 26.0 Å². The molecule has 2 heterocycles. The van der Waals surface area contributed by atoms with Crippen molar-refractivity contribution in [2.24, 2.45) is 5.92 Å². The molecule has 0 aliphatic rings. The third-order valence-electron chi connectivity index (χ3n) is 3.73. The Bertz CT molecular complexity index is 875. The normalized spacial score (nSPS) is 10.9. The van der Waals surface area contributed by atoms with Gasteiger partial charge < -0.3 is 5.32 Å². The van der Waals surface area contributed by atoms with Crippen molar-refractivity contribution in [2.45, 2.75) is 26.8 Å². The topological polar surface area (TPSA) is 72.7 Å². The second-order valence-corrected chi connectivity index (χ2v) is 6.38. The van der Waals surface area contributed by atoms with Gasteiger partial charge >= 0.3 is 0 Å². The van der Waals surface area contributed by atoms with Gasteiger partial charge in [0.05, 0.1) is 0 Å². The van der Waals surface area contributed by atoms with E-state index in [-0.39, 0.29) is 17.6 Å². The van der Waals surface area contributed by atoms with E-state index >= 15 is 0 Å². The summed E-state index contributed by atoms with van der Waals surface area (Å²) in [6.07, 6.45) is 3.67.